The van der Waals surface area contributed by atoms with Crippen LogP contribution in [0.1, 0.15) is 0 Å². The first-order valence-corrected chi connectivity index (χ1v) is 12.1. The van der Waals surface area contributed by atoms with Gasteiger partial charge >= 0.3 is 0 Å². The first kappa shape index (κ1) is 29.1. The van der Waals surface area contributed by atoms with Crippen molar-refractivity contribution in [3.8, 4) is 0 Å². The Morgan fingerprint density at radius 1 is 0.387 bits per heavy atom. The second-order valence-electron chi connectivity index (χ2n) is 5.30. The zero-order chi connectivity index (χ0) is 22.8. The van der Waals surface area contributed by atoms with E-state index in [1.54, 1.807) is 18.2 Å². The van der Waals surface area contributed by atoms with E-state index in [-0.39, 0.29) is 37.1 Å². The van der Waals surface area contributed by atoms with Crippen LogP contribution in [0.5, 0.6) is 0 Å². The van der Waals surface area contributed by atoms with E-state index in [4.69, 9.17) is 0 Å². The summed E-state index contributed by atoms with van der Waals surface area (Å²) in [6.07, 6.45) is 0. The van der Waals surface area contributed by atoms with Crippen LogP contribution in [0.2, 0.25) is 0 Å². The summed E-state index contributed by atoms with van der Waals surface area (Å²) in [7, 11) is -12.8. The maximum absolute atomic E-state index is 10.3. The van der Waals surface area contributed by atoms with Gasteiger partial charge in [0.2, 0.25) is 0 Å². The standard InChI is InChI=1S/3C6H6O3S.Ag/c3*7-10(8,9)6-4-2-1-3-5-6;/h3*1-5H,(H,7,8,9);/p-3. The maximum atomic E-state index is 10.3. The molecule has 3 rings (SSSR count). The van der Waals surface area contributed by atoms with Crippen molar-refractivity contribution < 1.29 is 61.3 Å². The van der Waals surface area contributed by atoms with Crippen LogP contribution in [0, 0.1) is 0 Å². The molecule has 0 N–H and O–H groups in total. The molecule has 0 heterocycles. The molecule has 0 fully saturated rings. The van der Waals surface area contributed by atoms with Crippen LogP contribution in [-0.2, 0) is 52.7 Å². The van der Waals surface area contributed by atoms with Crippen molar-refractivity contribution in [3.63, 3.8) is 0 Å². The average Bonchev–Trinajstić information content (AvgIpc) is 2.69. The van der Waals surface area contributed by atoms with Crippen molar-refractivity contribution >= 4 is 30.4 Å². The summed E-state index contributed by atoms with van der Waals surface area (Å²) < 4.78 is 92.5. The van der Waals surface area contributed by atoms with Gasteiger partial charge in [0.1, 0.15) is 30.4 Å². The van der Waals surface area contributed by atoms with Gasteiger partial charge in [-0.1, -0.05) is 54.6 Å². The molecule has 13 heteroatoms. The second kappa shape index (κ2) is 12.9. The molecule has 0 unspecified atom stereocenters. The fraction of sp³-hybridized carbons (Fsp3) is 0. The van der Waals surface area contributed by atoms with E-state index >= 15 is 0 Å². The van der Waals surface area contributed by atoms with Crippen molar-refractivity contribution in [2.24, 2.45) is 0 Å². The van der Waals surface area contributed by atoms with Crippen molar-refractivity contribution in [1.82, 2.24) is 0 Å². The van der Waals surface area contributed by atoms with Crippen LogP contribution in [0.25, 0.3) is 0 Å². The molecular formula is C18H15AgO9S3-3. The van der Waals surface area contributed by atoms with Gasteiger partial charge in [-0.15, -0.1) is 0 Å². The first-order chi connectivity index (χ1) is 13.8. The Hall–Kier alpha value is -1.87. The SMILES string of the molecule is O=S(=O)([O-])c1ccccc1.O=S(=O)([O-])c1ccccc1.O=S(=O)([O-])c1ccccc1.[Ag]. The molecule has 3 aromatic rings. The minimum absolute atomic E-state index is 0. The average molecular weight is 579 g/mol. The topological polar surface area (TPSA) is 172 Å². The summed E-state index contributed by atoms with van der Waals surface area (Å²) in [5.41, 5.74) is 0. The third-order valence-electron chi connectivity index (χ3n) is 3.10. The van der Waals surface area contributed by atoms with Crippen LogP contribution < -0.4 is 0 Å². The van der Waals surface area contributed by atoms with E-state index in [0.717, 1.165) is 0 Å². The predicted octanol–water partition coefficient (Wildman–Crippen LogP) is 1.77. The summed E-state index contributed by atoms with van der Waals surface area (Å²) >= 11 is 0. The van der Waals surface area contributed by atoms with Gasteiger partial charge in [-0.2, -0.15) is 0 Å². The van der Waals surface area contributed by atoms with Gasteiger partial charge in [-0.25, -0.2) is 25.3 Å². The molecule has 0 saturated heterocycles. The smallest absolute Gasteiger partial charge is 0.124 e. The third-order valence-corrected chi connectivity index (χ3v) is 5.64. The zero-order valence-electron chi connectivity index (χ0n) is 15.4. The molecule has 1 radical (unpaired) electrons. The summed E-state index contributed by atoms with van der Waals surface area (Å²) in [5, 5.41) is 0. The number of hydrogen-bond acceptors (Lipinski definition) is 9. The van der Waals surface area contributed by atoms with E-state index in [1.807, 2.05) is 0 Å². The molecule has 0 spiro atoms. The maximum Gasteiger partial charge on any atom is 0.124 e. The summed E-state index contributed by atoms with van der Waals surface area (Å²) in [6.45, 7) is 0. The molecule has 0 aliphatic heterocycles. The van der Waals surface area contributed by atoms with Crippen molar-refractivity contribution in [2.45, 2.75) is 14.7 Å². The largest absolute Gasteiger partial charge is 0.744 e. The zero-order valence-corrected chi connectivity index (χ0v) is 19.3. The molecule has 3 aromatic carbocycles. The van der Waals surface area contributed by atoms with E-state index in [0.29, 0.717) is 0 Å². The molecule has 173 valence electrons. The molecule has 0 aliphatic rings. The Morgan fingerprint density at radius 3 is 0.645 bits per heavy atom. The molecule has 9 nitrogen and oxygen atoms in total. The summed E-state index contributed by atoms with van der Waals surface area (Å²) in [6, 6.07) is 21.6. The second-order valence-corrected chi connectivity index (χ2v) is 9.44. The van der Waals surface area contributed by atoms with Gasteiger partial charge in [0, 0.05) is 22.4 Å². The number of hydrogen-bond donors (Lipinski definition) is 0. The van der Waals surface area contributed by atoms with Crippen LogP contribution in [0.3, 0.4) is 0 Å². The summed E-state index contributed by atoms with van der Waals surface area (Å²) in [5.74, 6) is 0. The molecule has 0 amide bonds. The van der Waals surface area contributed by atoms with Crippen molar-refractivity contribution in [2.75, 3.05) is 0 Å². The summed E-state index contributed by atoms with van der Waals surface area (Å²) in [4.78, 5) is -0.556. The molecule has 0 saturated carbocycles. The van der Waals surface area contributed by atoms with E-state index in [2.05, 4.69) is 0 Å². The normalized spacial score (nSPS) is 10.9. The van der Waals surface area contributed by atoms with Crippen LogP contribution in [-0.4, -0.2) is 38.9 Å². The van der Waals surface area contributed by atoms with Gasteiger partial charge in [0.25, 0.3) is 0 Å². The Labute approximate surface area is 196 Å². The number of benzene rings is 3. The molecule has 0 aliphatic carbocycles. The monoisotopic (exact) mass is 578 g/mol. The molecule has 0 aromatic heterocycles. The molecule has 31 heavy (non-hydrogen) atoms. The van der Waals surface area contributed by atoms with Gasteiger partial charge in [0.05, 0.1) is 14.7 Å². The molecular weight excluding hydrogens is 564 g/mol. The van der Waals surface area contributed by atoms with E-state index in [9.17, 15) is 38.9 Å². The van der Waals surface area contributed by atoms with E-state index < -0.39 is 30.4 Å². The van der Waals surface area contributed by atoms with E-state index in [1.165, 1.54) is 72.8 Å². The number of rotatable bonds is 3. The Bertz CT molecular complexity index is 1070. The van der Waals surface area contributed by atoms with Gasteiger partial charge in [-0.05, 0) is 36.4 Å². The molecule has 0 atom stereocenters. The third kappa shape index (κ3) is 11.9. The van der Waals surface area contributed by atoms with Crippen molar-refractivity contribution in [1.29, 1.82) is 0 Å². The van der Waals surface area contributed by atoms with Gasteiger partial charge < -0.3 is 13.7 Å². The quantitative estimate of drug-likeness (QED) is 0.331. The van der Waals surface area contributed by atoms with Crippen LogP contribution in [0.15, 0.2) is 106 Å². The Kier molecular flexibility index (Phi) is 12.1. The Morgan fingerprint density at radius 2 is 0.548 bits per heavy atom. The fourth-order valence-electron chi connectivity index (χ4n) is 1.76. The fourth-order valence-corrected chi connectivity index (χ4v) is 3.23. The van der Waals surface area contributed by atoms with Crippen LogP contribution >= 0.6 is 0 Å². The van der Waals surface area contributed by atoms with Crippen molar-refractivity contribution in [3.05, 3.63) is 91.0 Å². The van der Waals surface area contributed by atoms with Gasteiger partial charge in [0.15, 0.2) is 0 Å². The minimum atomic E-state index is -4.25. The predicted molar refractivity (Wildman–Crippen MR) is 103 cm³/mol. The van der Waals surface area contributed by atoms with Crippen LogP contribution in [0.4, 0.5) is 0 Å². The first-order valence-electron chi connectivity index (χ1n) is 7.84. The van der Waals surface area contributed by atoms with Gasteiger partial charge in [-0.3, -0.25) is 0 Å². The Balaban J connectivity index is 0.000000429. The molecule has 0 bridgehead atoms. The minimum Gasteiger partial charge on any atom is -0.744 e.